The summed E-state index contributed by atoms with van der Waals surface area (Å²) in [7, 11) is 0. The van der Waals surface area contributed by atoms with E-state index in [0.717, 1.165) is 66.0 Å². The first-order valence-electron chi connectivity index (χ1n) is 17.6. The van der Waals surface area contributed by atoms with E-state index in [-0.39, 0.29) is 180 Å². The third kappa shape index (κ3) is 28.0. The molecule has 0 radical (unpaired) electrons. The number of carbonyl (C=O) groups is 4. The molecule has 18 nitrogen and oxygen atoms in total. The summed E-state index contributed by atoms with van der Waals surface area (Å²) >= 11 is 11.6. The van der Waals surface area contributed by atoms with Crippen molar-refractivity contribution in [1.29, 1.82) is 0 Å². The number of nitrogens with two attached hydrogens (primary N) is 1. The topological polar surface area (TPSA) is 271 Å². The fourth-order valence-corrected chi connectivity index (χ4v) is 5.67. The Balaban J connectivity index is -0.000000351. The fourth-order valence-electron chi connectivity index (χ4n) is 4.74. The number of unbranched alkanes of at least 4 members (excludes halogenated alkanes) is 2. The van der Waals surface area contributed by atoms with E-state index in [0.29, 0.717) is 42.7 Å². The van der Waals surface area contributed by atoms with Crippen molar-refractivity contribution >= 4 is 101 Å². The molecule has 23 heteroatoms. The van der Waals surface area contributed by atoms with E-state index in [2.05, 4.69) is 42.1 Å². The van der Waals surface area contributed by atoms with Gasteiger partial charge in [0.05, 0.1) is 14.8 Å². The smallest absolute Gasteiger partial charge is 1.00 e. The molecule has 0 atom stereocenters. The van der Waals surface area contributed by atoms with E-state index in [9.17, 15) is 44.7 Å². The number of halogens is 3. The van der Waals surface area contributed by atoms with Crippen molar-refractivity contribution < 1.29 is 183 Å². The monoisotopic (exact) mass is 1230 g/mol. The number of carbonyl (C=O) groups excluding carboxylic acids is 4. The molecule has 0 spiro atoms. The SMILES string of the molecule is Cc1cc([N+](=O)[O-])ccc1N.Cc1cc([N+](=O)[O-])ccc1N1CCCCC1=O.Cc1cc([N+](=O)[O-])ccc1NC(=O)CCCCBr.O=C(Cl)CCCCBr.O=CO[O-].[Cs+].[Cs+].[H-]. The van der Waals surface area contributed by atoms with Crippen molar-refractivity contribution in [2.45, 2.75) is 78.6 Å². The Labute approximate surface area is 489 Å². The van der Waals surface area contributed by atoms with Crippen molar-refractivity contribution in [3.05, 3.63) is 102 Å². The molecule has 3 aromatic rings. The maximum atomic E-state index is 11.8. The summed E-state index contributed by atoms with van der Waals surface area (Å²) in [5.41, 5.74) is 9.85. The van der Waals surface area contributed by atoms with Gasteiger partial charge in [-0.2, -0.15) is 0 Å². The summed E-state index contributed by atoms with van der Waals surface area (Å²) in [4.78, 5) is 76.5. The molecular formula is C37H47Br2ClCs2N6O12. The Hall–Kier alpha value is -0.946. The van der Waals surface area contributed by atoms with Gasteiger partial charge in [0.25, 0.3) is 23.5 Å². The zero-order chi connectivity index (χ0) is 44.2. The van der Waals surface area contributed by atoms with Crippen LogP contribution in [0.5, 0.6) is 0 Å². The van der Waals surface area contributed by atoms with Crippen molar-refractivity contribution in [1.82, 2.24) is 0 Å². The zero-order valence-corrected chi connectivity index (χ0v) is 50.6. The minimum atomic E-state index is -0.450. The van der Waals surface area contributed by atoms with Gasteiger partial charge in [0.1, 0.15) is 0 Å². The second-order valence-corrected chi connectivity index (χ2v) is 14.2. The fraction of sp³-hybridized carbons (Fsp3) is 0.405. The normalized spacial score (nSPS) is 10.9. The molecule has 1 fully saturated rings. The molecule has 0 unspecified atom stereocenters. The molecule has 320 valence electrons. The summed E-state index contributed by atoms with van der Waals surface area (Å²) in [5, 5.41) is 44.2. The van der Waals surface area contributed by atoms with E-state index in [1.807, 2.05) is 0 Å². The number of alkyl halides is 2. The molecule has 2 amide bonds. The Morgan fingerprint density at radius 1 is 0.817 bits per heavy atom. The number of hydrogen-bond acceptors (Lipinski definition) is 13. The molecule has 0 saturated carbocycles. The van der Waals surface area contributed by atoms with E-state index in [4.69, 9.17) is 27.4 Å². The average Bonchev–Trinajstić information content (AvgIpc) is 3.18. The number of hydrogen-bond donors (Lipinski definition) is 2. The Morgan fingerprint density at radius 2 is 1.28 bits per heavy atom. The molecular weight excluding hydrogens is 1180 g/mol. The van der Waals surface area contributed by atoms with Gasteiger partial charge in [-0.1, -0.05) is 31.9 Å². The molecule has 1 heterocycles. The maximum absolute atomic E-state index is 11.8. The first-order valence-corrected chi connectivity index (χ1v) is 20.2. The molecule has 60 heavy (non-hydrogen) atoms. The first kappa shape index (κ1) is 63.3. The number of nitro groups is 3. The summed E-state index contributed by atoms with van der Waals surface area (Å²) < 4.78 is 0. The number of benzene rings is 3. The molecule has 1 saturated heterocycles. The van der Waals surface area contributed by atoms with Gasteiger partial charge >= 0.3 is 138 Å². The van der Waals surface area contributed by atoms with Crippen LogP contribution < -0.4 is 159 Å². The second-order valence-electron chi connectivity index (χ2n) is 12.2. The standard InChI is InChI=1S/C12H15BrN2O3.C12H14N2O3.C7H8N2O2.C5H8BrClO.CH2O3.2Cs.H/c1-9-8-10(15(17)18)5-6-11(9)14-12(16)4-2-3-7-13;1-9-8-10(14(16)17)5-6-11(9)13-7-3-2-4-12(13)15;1-5-4-6(9(10)11)2-3-7(5)8;6-4-2-1-3-5(7)8;2-1-4-3;;;/h5-6,8H,2-4,7H2,1H3,(H,14,16);5-6,8H,2-4,7H2,1H3;2-4H,8H2,1H3;1-4H2;1,3H;;;/q;;;;;2*+1;-1/p-1. The van der Waals surface area contributed by atoms with Crippen LogP contribution in [0, 0.1) is 51.1 Å². The van der Waals surface area contributed by atoms with Gasteiger partial charge in [-0.15, -0.1) is 0 Å². The van der Waals surface area contributed by atoms with Crippen molar-refractivity contribution in [3.8, 4) is 0 Å². The van der Waals surface area contributed by atoms with Gasteiger partial charge in [-0.05, 0) is 106 Å². The Kier molecular flexibility index (Phi) is 39.5. The van der Waals surface area contributed by atoms with Crippen LogP contribution in [-0.2, 0) is 24.1 Å². The van der Waals surface area contributed by atoms with E-state index in [1.54, 1.807) is 37.8 Å². The van der Waals surface area contributed by atoms with Crippen molar-refractivity contribution in [2.24, 2.45) is 0 Å². The summed E-state index contributed by atoms with van der Waals surface area (Å²) in [5.74, 6) is 0.0427. The number of non-ortho nitro benzene ring substituents is 3. The molecule has 3 N–H and O–H groups in total. The predicted octanol–water partition coefficient (Wildman–Crippen LogP) is 2.18. The number of piperidine rings is 1. The third-order valence-corrected chi connectivity index (χ3v) is 9.06. The van der Waals surface area contributed by atoms with E-state index < -0.39 is 14.8 Å². The minimum Gasteiger partial charge on any atom is -1.00 e. The van der Waals surface area contributed by atoms with Gasteiger partial charge < -0.3 is 27.5 Å². The molecule has 0 bridgehead atoms. The number of nitrogen functional groups attached to an aromatic ring is 1. The van der Waals surface area contributed by atoms with Gasteiger partial charge in [0.2, 0.25) is 17.1 Å². The molecule has 0 aromatic heterocycles. The van der Waals surface area contributed by atoms with Gasteiger partial charge in [0, 0.05) is 89.9 Å². The van der Waals surface area contributed by atoms with Crippen LogP contribution in [0.3, 0.4) is 0 Å². The van der Waals surface area contributed by atoms with Crippen LogP contribution >= 0.6 is 43.5 Å². The quantitative estimate of drug-likeness (QED) is 0.0343. The first-order chi connectivity index (χ1) is 27.4. The molecule has 1 aliphatic heterocycles. The largest absolute Gasteiger partial charge is 1.00 e. The Bertz CT molecular complexity index is 1860. The van der Waals surface area contributed by atoms with Crippen molar-refractivity contribution in [2.75, 3.05) is 33.2 Å². The minimum absolute atomic E-state index is 0. The van der Waals surface area contributed by atoms with Crippen LogP contribution in [0.4, 0.5) is 34.1 Å². The summed E-state index contributed by atoms with van der Waals surface area (Å²) in [6.07, 6.45) is 7.15. The molecule has 4 rings (SSSR count). The van der Waals surface area contributed by atoms with Crippen molar-refractivity contribution in [3.63, 3.8) is 0 Å². The summed E-state index contributed by atoms with van der Waals surface area (Å²) in [6, 6.07) is 13.4. The maximum Gasteiger partial charge on any atom is 1.00 e. The van der Waals surface area contributed by atoms with Crippen LogP contribution in [0.15, 0.2) is 54.6 Å². The number of aryl methyl sites for hydroxylation is 3. The molecule has 1 aliphatic rings. The van der Waals surface area contributed by atoms with Crippen LogP contribution in [0.1, 0.15) is 75.9 Å². The second kappa shape index (κ2) is 37.4. The van der Waals surface area contributed by atoms with Crippen LogP contribution in [0.2, 0.25) is 0 Å². The zero-order valence-electron chi connectivity index (χ0n) is 35.2. The molecule has 3 aromatic carbocycles. The Morgan fingerprint density at radius 3 is 1.70 bits per heavy atom. The van der Waals surface area contributed by atoms with Crippen LogP contribution in [-0.4, -0.2) is 55.5 Å². The average molecular weight is 1230 g/mol. The predicted molar refractivity (Wildman–Crippen MR) is 227 cm³/mol. The van der Waals surface area contributed by atoms with Gasteiger partial charge in [-0.3, -0.25) is 49.5 Å². The summed E-state index contributed by atoms with van der Waals surface area (Å²) in [6.45, 7) is 5.80. The van der Waals surface area contributed by atoms with Gasteiger partial charge in [0.15, 0.2) is 0 Å². The number of anilines is 3. The van der Waals surface area contributed by atoms with Crippen LogP contribution in [0.25, 0.3) is 0 Å². The number of nitrogens with zero attached hydrogens (tertiary/aromatic N) is 4. The van der Waals surface area contributed by atoms with E-state index in [1.165, 1.54) is 42.5 Å². The number of nitrogens with one attached hydrogen (secondary N) is 1. The van der Waals surface area contributed by atoms with E-state index >= 15 is 0 Å². The number of rotatable bonds is 14. The number of nitro benzene ring substituents is 3. The van der Waals surface area contributed by atoms with Gasteiger partial charge in [-0.25, -0.2) is 0 Å². The number of amides is 2. The third-order valence-electron chi connectivity index (χ3n) is 7.75. The molecule has 0 aliphatic carbocycles.